The third-order valence-corrected chi connectivity index (χ3v) is 4.48. The van der Waals surface area contributed by atoms with Crippen molar-refractivity contribution < 1.29 is 23.8 Å². The molecule has 0 aromatic heterocycles. The fraction of sp³-hybridized carbons (Fsp3) is 0.120. The van der Waals surface area contributed by atoms with Crippen LogP contribution in [0.1, 0.15) is 34.0 Å². The number of allylic oxidation sites excluding steroid dienone is 1. The molecular formula is C25H20FNO4. The summed E-state index contributed by atoms with van der Waals surface area (Å²) in [5.41, 5.74) is 2.27. The number of halogens is 1. The Morgan fingerprint density at radius 3 is 2.39 bits per heavy atom. The summed E-state index contributed by atoms with van der Waals surface area (Å²) in [5, 5.41) is 18.6. The van der Waals surface area contributed by atoms with Crippen LogP contribution < -0.4 is 9.47 Å². The number of hydrogen-bond donors (Lipinski definition) is 1. The van der Waals surface area contributed by atoms with Gasteiger partial charge in [0.05, 0.1) is 23.8 Å². The van der Waals surface area contributed by atoms with E-state index in [1.807, 2.05) is 6.92 Å². The van der Waals surface area contributed by atoms with Crippen LogP contribution in [0, 0.1) is 17.1 Å². The van der Waals surface area contributed by atoms with Crippen molar-refractivity contribution in [2.24, 2.45) is 0 Å². The van der Waals surface area contributed by atoms with Gasteiger partial charge in [-0.3, -0.25) is 0 Å². The van der Waals surface area contributed by atoms with E-state index in [1.165, 1.54) is 18.2 Å². The van der Waals surface area contributed by atoms with Crippen LogP contribution >= 0.6 is 0 Å². The van der Waals surface area contributed by atoms with Gasteiger partial charge in [0.25, 0.3) is 0 Å². The number of ether oxygens (including phenoxy) is 2. The van der Waals surface area contributed by atoms with Crippen LogP contribution in [-0.2, 0) is 6.61 Å². The molecule has 156 valence electrons. The zero-order valence-electron chi connectivity index (χ0n) is 16.8. The normalized spacial score (nSPS) is 10.9. The number of nitriles is 1. The standard InChI is InChI=1S/C25H20FNO4/c1-2-30-24-14-17(7-12-23(24)31-16-20-5-3-4-6-22(20)26)13-21(15-27)18-8-10-19(11-9-18)25(28)29/h3-14H,2,16H2,1H3,(H,28,29)/b21-13-. The average molecular weight is 417 g/mol. The van der Waals surface area contributed by atoms with Crippen molar-refractivity contribution in [3.8, 4) is 17.6 Å². The minimum absolute atomic E-state index is 0.0569. The Balaban J connectivity index is 1.85. The Morgan fingerprint density at radius 1 is 1.03 bits per heavy atom. The summed E-state index contributed by atoms with van der Waals surface area (Å²) in [6.45, 7) is 2.31. The molecule has 6 heteroatoms. The van der Waals surface area contributed by atoms with E-state index < -0.39 is 5.97 Å². The first kappa shape index (κ1) is 21.6. The fourth-order valence-electron chi connectivity index (χ4n) is 2.91. The van der Waals surface area contributed by atoms with E-state index in [0.717, 1.165) is 0 Å². The summed E-state index contributed by atoms with van der Waals surface area (Å²) in [6, 6.07) is 19.8. The molecular weight excluding hydrogens is 397 g/mol. The van der Waals surface area contributed by atoms with E-state index in [4.69, 9.17) is 14.6 Å². The molecule has 0 atom stereocenters. The van der Waals surface area contributed by atoms with E-state index in [1.54, 1.807) is 54.6 Å². The summed E-state index contributed by atoms with van der Waals surface area (Å²) in [7, 11) is 0. The third-order valence-electron chi connectivity index (χ3n) is 4.48. The van der Waals surface area contributed by atoms with Crippen LogP contribution in [0.15, 0.2) is 66.7 Å². The van der Waals surface area contributed by atoms with Gasteiger partial charge < -0.3 is 14.6 Å². The fourth-order valence-corrected chi connectivity index (χ4v) is 2.91. The highest BCUT2D eigenvalue weighted by Crippen LogP contribution is 2.31. The summed E-state index contributed by atoms with van der Waals surface area (Å²) in [5.74, 6) is -0.424. The van der Waals surface area contributed by atoms with Crippen LogP contribution in [0.2, 0.25) is 0 Å². The van der Waals surface area contributed by atoms with Gasteiger partial charge in [-0.15, -0.1) is 0 Å². The van der Waals surface area contributed by atoms with Gasteiger partial charge in [0.2, 0.25) is 0 Å². The van der Waals surface area contributed by atoms with Crippen molar-refractivity contribution in [1.29, 1.82) is 5.26 Å². The molecule has 0 unspecified atom stereocenters. The first-order chi connectivity index (χ1) is 15.0. The Kier molecular flexibility index (Phi) is 7.02. The average Bonchev–Trinajstić information content (AvgIpc) is 2.78. The van der Waals surface area contributed by atoms with Gasteiger partial charge in [0.15, 0.2) is 11.5 Å². The van der Waals surface area contributed by atoms with Crippen LogP contribution in [0.4, 0.5) is 4.39 Å². The number of nitrogens with zero attached hydrogens (tertiary/aromatic N) is 1. The third kappa shape index (κ3) is 5.49. The van der Waals surface area contributed by atoms with Crippen molar-refractivity contribution in [2.75, 3.05) is 6.61 Å². The van der Waals surface area contributed by atoms with Crippen molar-refractivity contribution in [3.63, 3.8) is 0 Å². The van der Waals surface area contributed by atoms with Gasteiger partial charge in [-0.1, -0.05) is 36.4 Å². The SMILES string of the molecule is CCOc1cc(/C=C(/C#N)c2ccc(C(=O)O)cc2)ccc1OCc1ccccc1F. The Labute approximate surface area is 179 Å². The molecule has 0 bridgehead atoms. The lowest BCUT2D eigenvalue weighted by molar-refractivity contribution is 0.0697. The van der Waals surface area contributed by atoms with Gasteiger partial charge in [-0.25, -0.2) is 9.18 Å². The molecule has 0 radical (unpaired) electrons. The van der Waals surface area contributed by atoms with Crippen LogP contribution in [0.3, 0.4) is 0 Å². The first-order valence-corrected chi connectivity index (χ1v) is 9.60. The predicted molar refractivity (Wildman–Crippen MR) is 115 cm³/mol. The van der Waals surface area contributed by atoms with E-state index >= 15 is 0 Å². The highest BCUT2D eigenvalue weighted by molar-refractivity contribution is 5.92. The number of benzene rings is 3. The topological polar surface area (TPSA) is 79.5 Å². The first-order valence-electron chi connectivity index (χ1n) is 9.60. The van der Waals surface area contributed by atoms with Crippen molar-refractivity contribution in [3.05, 3.63) is 94.8 Å². The second-order valence-electron chi connectivity index (χ2n) is 6.57. The maximum Gasteiger partial charge on any atom is 0.335 e. The highest BCUT2D eigenvalue weighted by atomic mass is 19.1. The number of carbonyl (C=O) groups is 1. The molecule has 3 rings (SSSR count). The van der Waals surface area contributed by atoms with Crippen LogP contribution in [0.5, 0.6) is 11.5 Å². The Morgan fingerprint density at radius 2 is 1.74 bits per heavy atom. The molecule has 0 amide bonds. The summed E-state index contributed by atoms with van der Waals surface area (Å²) < 4.78 is 25.3. The molecule has 0 aliphatic carbocycles. The van der Waals surface area contributed by atoms with Gasteiger partial charge in [0, 0.05) is 5.56 Å². The Bertz CT molecular complexity index is 1150. The molecule has 31 heavy (non-hydrogen) atoms. The molecule has 0 fully saturated rings. The molecule has 3 aromatic rings. The molecule has 0 aliphatic rings. The number of carboxylic acids is 1. The number of aromatic carboxylic acids is 1. The van der Waals surface area contributed by atoms with Crippen LogP contribution in [-0.4, -0.2) is 17.7 Å². The lowest BCUT2D eigenvalue weighted by Gasteiger charge is -2.13. The zero-order chi connectivity index (χ0) is 22.2. The van der Waals surface area contributed by atoms with Crippen molar-refractivity contribution in [2.45, 2.75) is 13.5 Å². The number of hydrogen-bond acceptors (Lipinski definition) is 4. The lowest BCUT2D eigenvalue weighted by atomic mass is 10.0. The zero-order valence-corrected chi connectivity index (χ0v) is 16.8. The minimum atomic E-state index is -1.03. The smallest absolute Gasteiger partial charge is 0.335 e. The molecule has 0 saturated heterocycles. The van der Waals surface area contributed by atoms with Crippen molar-refractivity contribution in [1.82, 2.24) is 0 Å². The largest absolute Gasteiger partial charge is 0.490 e. The summed E-state index contributed by atoms with van der Waals surface area (Å²) >= 11 is 0. The van der Waals surface area contributed by atoms with E-state index in [9.17, 15) is 14.4 Å². The molecule has 1 N–H and O–H groups in total. The maximum absolute atomic E-state index is 13.8. The van der Waals surface area contributed by atoms with E-state index in [2.05, 4.69) is 6.07 Å². The van der Waals surface area contributed by atoms with Gasteiger partial charge >= 0.3 is 5.97 Å². The number of rotatable bonds is 8. The minimum Gasteiger partial charge on any atom is -0.490 e. The summed E-state index contributed by atoms with van der Waals surface area (Å²) in [4.78, 5) is 11.0. The van der Waals surface area contributed by atoms with Gasteiger partial charge in [-0.05, 0) is 54.5 Å². The highest BCUT2D eigenvalue weighted by Gasteiger charge is 2.10. The van der Waals surface area contributed by atoms with E-state index in [0.29, 0.717) is 40.4 Å². The molecule has 0 heterocycles. The molecule has 0 saturated carbocycles. The van der Waals surface area contributed by atoms with Crippen molar-refractivity contribution >= 4 is 17.6 Å². The number of carboxylic acid groups (broad SMARTS) is 1. The molecule has 3 aromatic carbocycles. The van der Waals surface area contributed by atoms with Gasteiger partial charge in [-0.2, -0.15) is 5.26 Å². The Hall–Kier alpha value is -4.11. The monoisotopic (exact) mass is 417 g/mol. The molecule has 0 aliphatic heterocycles. The lowest BCUT2D eigenvalue weighted by Crippen LogP contribution is -2.01. The second kappa shape index (κ2) is 10.1. The second-order valence-corrected chi connectivity index (χ2v) is 6.57. The van der Waals surface area contributed by atoms with Crippen LogP contribution in [0.25, 0.3) is 11.6 Å². The molecule has 5 nitrogen and oxygen atoms in total. The maximum atomic E-state index is 13.8. The van der Waals surface area contributed by atoms with E-state index in [-0.39, 0.29) is 18.0 Å². The quantitative estimate of drug-likeness (QED) is 0.383. The molecule has 0 spiro atoms. The summed E-state index contributed by atoms with van der Waals surface area (Å²) in [6.07, 6.45) is 1.68. The predicted octanol–water partition coefficient (Wildman–Crippen LogP) is 5.57. The van der Waals surface area contributed by atoms with Gasteiger partial charge in [0.1, 0.15) is 12.4 Å².